The van der Waals surface area contributed by atoms with Crippen LogP contribution in [0.4, 0.5) is 0 Å². The highest BCUT2D eigenvalue weighted by Crippen LogP contribution is 2.18. The van der Waals surface area contributed by atoms with Crippen molar-refractivity contribution in [3.63, 3.8) is 0 Å². The molecule has 0 spiro atoms. The lowest BCUT2D eigenvalue weighted by atomic mass is 10.2. The number of hydrogen-bond donors (Lipinski definition) is 1. The number of likely N-dealkylation sites (tertiary alicyclic amines) is 1. The van der Waals surface area contributed by atoms with Gasteiger partial charge < -0.3 is 14.7 Å². The average molecular weight is 263 g/mol. The molecule has 1 aromatic rings. The lowest BCUT2D eigenvalue weighted by molar-refractivity contribution is -0.148. The van der Waals surface area contributed by atoms with Crippen LogP contribution in [0.15, 0.2) is 24.3 Å². The van der Waals surface area contributed by atoms with E-state index in [0.29, 0.717) is 18.7 Å². The van der Waals surface area contributed by atoms with Gasteiger partial charge in [0, 0.05) is 6.54 Å². The van der Waals surface area contributed by atoms with E-state index in [-0.39, 0.29) is 12.5 Å². The number of rotatable bonds is 4. The molecule has 1 fully saturated rings. The second-order valence-electron chi connectivity index (χ2n) is 4.69. The van der Waals surface area contributed by atoms with Crippen LogP contribution in [0.3, 0.4) is 0 Å². The predicted octanol–water partition coefficient (Wildman–Crippen LogP) is 1.45. The molecule has 1 aliphatic heterocycles. The van der Waals surface area contributed by atoms with Crippen molar-refractivity contribution in [2.24, 2.45) is 0 Å². The van der Waals surface area contributed by atoms with Gasteiger partial charge in [-0.05, 0) is 31.9 Å². The van der Waals surface area contributed by atoms with E-state index in [4.69, 9.17) is 9.84 Å². The van der Waals surface area contributed by atoms with Gasteiger partial charge in [-0.25, -0.2) is 4.79 Å². The van der Waals surface area contributed by atoms with Crippen LogP contribution in [-0.2, 0) is 9.59 Å². The van der Waals surface area contributed by atoms with Crippen molar-refractivity contribution in [2.75, 3.05) is 13.2 Å². The molecule has 0 aliphatic carbocycles. The van der Waals surface area contributed by atoms with Gasteiger partial charge in [-0.2, -0.15) is 0 Å². The average Bonchev–Trinajstić information content (AvgIpc) is 2.87. The van der Waals surface area contributed by atoms with Crippen LogP contribution < -0.4 is 4.74 Å². The third kappa shape index (κ3) is 3.24. The van der Waals surface area contributed by atoms with Crippen molar-refractivity contribution >= 4 is 11.9 Å². The van der Waals surface area contributed by atoms with Crippen LogP contribution in [-0.4, -0.2) is 41.1 Å². The maximum Gasteiger partial charge on any atom is 0.326 e. The Bertz CT molecular complexity index is 469. The number of carboxylic acids is 1. The molecular weight excluding hydrogens is 246 g/mol. The smallest absolute Gasteiger partial charge is 0.326 e. The fourth-order valence-electron chi connectivity index (χ4n) is 2.18. The normalized spacial score (nSPS) is 18.4. The van der Waals surface area contributed by atoms with Gasteiger partial charge in [0.2, 0.25) is 0 Å². The Balaban J connectivity index is 1.90. The third-order valence-electron chi connectivity index (χ3n) is 3.24. The van der Waals surface area contributed by atoms with E-state index in [9.17, 15) is 9.59 Å². The molecule has 0 saturated carbocycles. The zero-order chi connectivity index (χ0) is 13.8. The minimum Gasteiger partial charge on any atom is -0.484 e. The highest BCUT2D eigenvalue weighted by atomic mass is 16.5. The van der Waals surface area contributed by atoms with E-state index in [2.05, 4.69) is 0 Å². The first-order valence-electron chi connectivity index (χ1n) is 6.29. The van der Waals surface area contributed by atoms with E-state index in [1.165, 1.54) is 4.90 Å². The largest absolute Gasteiger partial charge is 0.484 e. The van der Waals surface area contributed by atoms with E-state index in [1.807, 2.05) is 19.1 Å². The number of aliphatic carboxylic acids is 1. The minimum atomic E-state index is -0.943. The zero-order valence-corrected chi connectivity index (χ0v) is 10.8. The van der Waals surface area contributed by atoms with Crippen LogP contribution in [0, 0.1) is 6.92 Å². The molecule has 2 rings (SSSR count). The molecule has 1 atom stereocenters. The molecule has 19 heavy (non-hydrogen) atoms. The summed E-state index contributed by atoms with van der Waals surface area (Å²) >= 11 is 0. The second kappa shape index (κ2) is 5.73. The van der Waals surface area contributed by atoms with E-state index in [0.717, 1.165) is 12.0 Å². The quantitative estimate of drug-likeness (QED) is 0.892. The first-order chi connectivity index (χ1) is 9.08. The maximum absolute atomic E-state index is 11.9. The van der Waals surface area contributed by atoms with Crippen LogP contribution in [0.5, 0.6) is 5.75 Å². The Morgan fingerprint density at radius 1 is 1.37 bits per heavy atom. The summed E-state index contributed by atoms with van der Waals surface area (Å²) < 4.78 is 5.38. The van der Waals surface area contributed by atoms with Crippen molar-refractivity contribution < 1.29 is 19.4 Å². The summed E-state index contributed by atoms with van der Waals surface area (Å²) in [5.41, 5.74) is 1.11. The summed E-state index contributed by atoms with van der Waals surface area (Å²) in [4.78, 5) is 24.3. The van der Waals surface area contributed by atoms with Gasteiger partial charge in [-0.3, -0.25) is 4.79 Å². The summed E-state index contributed by atoms with van der Waals surface area (Å²) in [6.45, 7) is 2.34. The number of carbonyl (C=O) groups is 2. The standard InChI is InChI=1S/C14H17NO4/c1-10-4-6-11(7-5-10)19-9-13(16)15-8-2-3-12(15)14(17)18/h4-7,12H,2-3,8-9H2,1H3,(H,17,18). The monoisotopic (exact) mass is 263 g/mol. The Morgan fingerprint density at radius 3 is 2.68 bits per heavy atom. The van der Waals surface area contributed by atoms with Crippen molar-refractivity contribution in [2.45, 2.75) is 25.8 Å². The van der Waals surface area contributed by atoms with Crippen molar-refractivity contribution in [3.8, 4) is 5.75 Å². The number of amides is 1. The lowest BCUT2D eigenvalue weighted by Crippen LogP contribution is -2.42. The van der Waals surface area contributed by atoms with E-state index in [1.54, 1.807) is 12.1 Å². The van der Waals surface area contributed by atoms with Gasteiger partial charge in [0.1, 0.15) is 11.8 Å². The Hall–Kier alpha value is -2.04. The number of ether oxygens (including phenoxy) is 1. The van der Waals surface area contributed by atoms with Gasteiger partial charge in [0.15, 0.2) is 6.61 Å². The third-order valence-corrected chi connectivity index (χ3v) is 3.24. The highest BCUT2D eigenvalue weighted by Gasteiger charge is 2.33. The molecule has 0 aromatic heterocycles. The Labute approximate surface area is 111 Å². The molecule has 1 aromatic carbocycles. The number of carboxylic acid groups (broad SMARTS) is 1. The van der Waals surface area contributed by atoms with E-state index >= 15 is 0 Å². The number of nitrogens with zero attached hydrogens (tertiary/aromatic N) is 1. The maximum atomic E-state index is 11.9. The summed E-state index contributed by atoms with van der Waals surface area (Å²) in [6.07, 6.45) is 1.25. The molecule has 5 heteroatoms. The first-order valence-corrected chi connectivity index (χ1v) is 6.29. The highest BCUT2D eigenvalue weighted by molar-refractivity contribution is 5.85. The summed E-state index contributed by atoms with van der Waals surface area (Å²) in [5.74, 6) is -0.600. The molecule has 1 amide bonds. The van der Waals surface area contributed by atoms with Crippen molar-refractivity contribution in [1.82, 2.24) is 4.90 Å². The van der Waals surface area contributed by atoms with Crippen LogP contribution in [0.2, 0.25) is 0 Å². The topological polar surface area (TPSA) is 66.8 Å². The molecule has 1 aliphatic rings. The molecule has 1 unspecified atom stereocenters. The van der Waals surface area contributed by atoms with Gasteiger partial charge >= 0.3 is 5.97 Å². The van der Waals surface area contributed by atoms with Crippen molar-refractivity contribution in [1.29, 1.82) is 0 Å². The predicted molar refractivity (Wildman–Crippen MR) is 69.0 cm³/mol. The van der Waals surface area contributed by atoms with Crippen LogP contribution >= 0.6 is 0 Å². The number of carbonyl (C=O) groups excluding carboxylic acids is 1. The second-order valence-corrected chi connectivity index (χ2v) is 4.69. The Kier molecular flexibility index (Phi) is 4.04. The summed E-state index contributed by atoms with van der Waals surface area (Å²) in [6, 6.07) is 6.68. The fraction of sp³-hybridized carbons (Fsp3) is 0.429. The van der Waals surface area contributed by atoms with Gasteiger partial charge in [-0.1, -0.05) is 17.7 Å². The number of benzene rings is 1. The zero-order valence-electron chi connectivity index (χ0n) is 10.8. The van der Waals surface area contributed by atoms with Crippen LogP contribution in [0.1, 0.15) is 18.4 Å². The molecule has 1 heterocycles. The molecule has 1 saturated heterocycles. The molecule has 0 radical (unpaired) electrons. The van der Waals surface area contributed by atoms with Crippen LogP contribution in [0.25, 0.3) is 0 Å². The summed E-state index contributed by atoms with van der Waals surface area (Å²) in [7, 11) is 0. The summed E-state index contributed by atoms with van der Waals surface area (Å²) in [5, 5.41) is 9.01. The number of aryl methyl sites for hydroxylation is 1. The van der Waals surface area contributed by atoms with E-state index < -0.39 is 12.0 Å². The fourth-order valence-corrected chi connectivity index (χ4v) is 2.18. The molecule has 102 valence electrons. The molecule has 1 N–H and O–H groups in total. The molecule has 5 nitrogen and oxygen atoms in total. The minimum absolute atomic E-state index is 0.118. The Morgan fingerprint density at radius 2 is 2.05 bits per heavy atom. The van der Waals surface area contributed by atoms with Gasteiger partial charge in [0.25, 0.3) is 5.91 Å². The number of hydrogen-bond acceptors (Lipinski definition) is 3. The first kappa shape index (κ1) is 13.4. The molecular formula is C14H17NO4. The molecule has 0 bridgehead atoms. The van der Waals surface area contributed by atoms with Crippen molar-refractivity contribution in [3.05, 3.63) is 29.8 Å². The van der Waals surface area contributed by atoms with Gasteiger partial charge in [0.05, 0.1) is 0 Å². The van der Waals surface area contributed by atoms with Gasteiger partial charge in [-0.15, -0.1) is 0 Å². The lowest BCUT2D eigenvalue weighted by Gasteiger charge is -2.21. The SMILES string of the molecule is Cc1ccc(OCC(=O)N2CCCC2C(=O)O)cc1.